The van der Waals surface area contributed by atoms with Crippen LogP contribution in [0.1, 0.15) is 36.2 Å². The lowest BCUT2D eigenvalue weighted by atomic mass is 9.99. The maximum atomic E-state index is 12.4. The molecule has 0 radical (unpaired) electrons. The largest absolute Gasteiger partial charge is 0.505 e. The minimum Gasteiger partial charge on any atom is -0.505 e. The molecule has 0 saturated carbocycles. The Labute approximate surface area is 107 Å². The molecule has 1 aliphatic rings. The van der Waals surface area contributed by atoms with E-state index in [0.717, 1.165) is 32.2 Å². The van der Waals surface area contributed by atoms with Gasteiger partial charge in [-0.1, -0.05) is 0 Å². The SMILES string of the molecule is NCCC1CCCCN1C(=O)c1ncccc1O. The maximum absolute atomic E-state index is 12.4. The standard InChI is InChI=1S/C13H19N3O2/c14-7-6-10-4-1-2-9-16(10)13(18)12-11(17)5-3-8-15-12/h3,5,8,10,17H,1-2,4,6-7,9,14H2. The Morgan fingerprint density at radius 2 is 2.39 bits per heavy atom. The Morgan fingerprint density at radius 1 is 1.56 bits per heavy atom. The number of pyridine rings is 1. The molecule has 1 aromatic rings. The lowest BCUT2D eigenvalue weighted by Crippen LogP contribution is -2.44. The fourth-order valence-electron chi connectivity index (χ4n) is 2.46. The molecular formula is C13H19N3O2. The minimum absolute atomic E-state index is 0.0560. The molecule has 0 aliphatic carbocycles. The topological polar surface area (TPSA) is 79.5 Å². The normalized spacial score (nSPS) is 19.8. The molecule has 1 aliphatic heterocycles. The molecule has 1 atom stereocenters. The van der Waals surface area contributed by atoms with E-state index in [-0.39, 0.29) is 23.4 Å². The quantitative estimate of drug-likeness (QED) is 0.841. The number of aromatic hydroxyl groups is 1. The van der Waals surface area contributed by atoms with Crippen LogP contribution in [-0.2, 0) is 0 Å². The van der Waals surface area contributed by atoms with Gasteiger partial charge in [-0.05, 0) is 44.4 Å². The molecule has 5 heteroatoms. The molecule has 98 valence electrons. The first-order chi connectivity index (χ1) is 8.74. The summed E-state index contributed by atoms with van der Waals surface area (Å²) in [6, 6.07) is 3.28. The summed E-state index contributed by atoms with van der Waals surface area (Å²) in [5, 5.41) is 9.69. The first-order valence-corrected chi connectivity index (χ1v) is 6.39. The minimum atomic E-state index is -0.189. The van der Waals surface area contributed by atoms with E-state index in [1.165, 1.54) is 12.3 Å². The molecule has 0 bridgehead atoms. The van der Waals surface area contributed by atoms with E-state index in [2.05, 4.69) is 4.98 Å². The first kappa shape index (κ1) is 12.8. The van der Waals surface area contributed by atoms with E-state index in [0.29, 0.717) is 6.54 Å². The average molecular weight is 249 g/mol. The Morgan fingerprint density at radius 3 is 3.11 bits per heavy atom. The van der Waals surface area contributed by atoms with Crippen LogP contribution >= 0.6 is 0 Å². The zero-order chi connectivity index (χ0) is 13.0. The smallest absolute Gasteiger partial charge is 0.276 e. The van der Waals surface area contributed by atoms with Gasteiger partial charge in [0.2, 0.25) is 0 Å². The van der Waals surface area contributed by atoms with E-state index in [4.69, 9.17) is 5.73 Å². The number of carbonyl (C=O) groups is 1. The van der Waals surface area contributed by atoms with Gasteiger partial charge in [-0.2, -0.15) is 0 Å². The first-order valence-electron chi connectivity index (χ1n) is 6.39. The predicted molar refractivity (Wildman–Crippen MR) is 68.2 cm³/mol. The van der Waals surface area contributed by atoms with E-state index in [1.807, 2.05) is 0 Å². The number of aromatic nitrogens is 1. The van der Waals surface area contributed by atoms with Crippen molar-refractivity contribution < 1.29 is 9.90 Å². The van der Waals surface area contributed by atoms with Crippen molar-refractivity contribution in [2.45, 2.75) is 31.7 Å². The van der Waals surface area contributed by atoms with Crippen molar-refractivity contribution in [3.63, 3.8) is 0 Å². The summed E-state index contributed by atoms with van der Waals surface area (Å²) in [5.41, 5.74) is 5.73. The van der Waals surface area contributed by atoms with Gasteiger partial charge in [0.25, 0.3) is 5.91 Å². The van der Waals surface area contributed by atoms with Crippen LogP contribution < -0.4 is 5.73 Å². The van der Waals surface area contributed by atoms with Gasteiger partial charge in [0.15, 0.2) is 5.69 Å². The summed E-state index contributed by atoms with van der Waals surface area (Å²) in [4.78, 5) is 18.1. The lowest BCUT2D eigenvalue weighted by molar-refractivity contribution is 0.0595. The van der Waals surface area contributed by atoms with Crippen molar-refractivity contribution in [2.24, 2.45) is 5.73 Å². The molecule has 0 aromatic carbocycles. The lowest BCUT2D eigenvalue weighted by Gasteiger charge is -2.35. The molecule has 1 aromatic heterocycles. The monoisotopic (exact) mass is 249 g/mol. The van der Waals surface area contributed by atoms with E-state index in [9.17, 15) is 9.90 Å². The predicted octanol–water partition coefficient (Wildman–Crippen LogP) is 1.13. The van der Waals surface area contributed by atoms with Gasteiger partial charge in [0, 0.05) is 18.8 Å². The van der Waals surface area contributed by atoms with Gasteiger partial charge in [0.05, 0.1) is 0 Å². The van der Waals surface area contributed by atoms with Crippen molar-refractivity contribution in [1.82, 2.24) is 9.88 Å². The number of nitrogens with two attached hydrogens (primary N) is 1. The third-order valence-electron chi connectivity index (χ3n) is 3.38. The molecule has 2 heterocycles. The fourth-order valence-corrected chi connectivity index (χ4v) is 2.46. The number of likely N-dealkylation sites (tertiary alicyclic amines) is 1. The highest BCUT2D eigenvalue weighted by molar-refractivity contribution is 5.95. The van der Waals surface area contributed by atoms with Gasteiger partial charge in [-0.3, -0.25) is 4.79 Å². The van der Waals surface area contributed by atoms with Crippen LogP contribution in [-0.4, -0.2) is 40.0 Å². The summed E-state index contributed by atoms with van der Waals surface area (Å²) in [6.45, 7) is 1.29. The zero-order valence-electron chi connectivity index (χ0n) is 10.4. The molecule has 1 fully saturated rings. The van der Waals surface area contributed by atoms with Crippen molar-refractivity contribution in [3.8, 4) is 5.75 Å². The van der Waals surface area contributed by atoms with Gasteiger partial charge in [0.1, 0.15) is 5.75 Å². The second-order valence-corrected chi connectivity index (χ2v) is 4.60. The molecule has 18 heavy (non-hydrogen) atoms. The van der Waals surface area contributed by atoms with Crippen LogP contribution in [0.4, 0.5) is 0 Å². The van der Waals surface area contributed by atoms with Crippen molar-refractivity contribution >= 4 is 5.91 Å². The number of rotatable bonds is 3. The Balaban J connectivity index is 2.18. The highest BCUT2D eigenvalue weighted by Gasteiger charge is 2.28. The summed E-state index contributed by atoms with van der Waals surface area (Å²) >= 11 is 0. The summed E-state index contributed by atoms with van der Waals surface area (Å²) in [7, 11) is 0. The van der Waals surface area contributed by atoms with Crippen molar-refractivity contribution in [2.75, 3.05) is 13.1 Å². The summed E-state index contributed by atoms with van der Waals surface area (Å²) in [5.74, 6) is -0.245. The Hall–Kier alpha value is -1.62. The van der Waals surface area contributed by atoms with Crippen LogP contribution in [0.2, 0.25) is 0 Å². The van der Waals surface area contributed by atoms with Gasteiger partial charge >= 0.3 is 0 Å². The van der Waals surface area contributed by atoms with E-state index in [1.54, 1.807) is 11.0 Å². The second kappa shape index (κ2) is 5.82. The number of piperidine rings is 1. The number of carbonyl (C=O) groups excluding carboxylic acids is 1. The Kier molecular flexibility index (Phi) is 4.15. The van der Waals surface area contributed by atoms with Crippen LogP contribution in [0.15, 0.2) is 18.3 Å². The molecule has 5 nitrogen and oxygen atoms in total. The highest BCUT2D eigenvalue weighted by Crippen LogP contribution is 2.23. The number of hydrogen-bond donors (Lipinski definition) is 2. The second-order valence-electron chi connectivity index (χ2n) is 4.60. The van der Waals surface area contributed by atoms with E-state index >= 15 is 0 Å². The Bertz CT molecular complexity index is 420. The van der Waals surface area contributed by atoms with E-state index < -0.39 is 0 Å². The number of hydrogen-bond acceptors (Lipinski definition) is 4. The maximum Gasteiger partial charge on any atom is 0.276 e. The van der Waals surface area contributed by atoms with Crippen LogP contribution in [0.25, 0.3) is 0 Å². The molecular weight excluding hydrogens is 230 g/mol. The molecule has 0 spiro atoms. The molecule has 3 N–H and O–H groups in total. The van der Waals surface area contributed by atoms with Gasteiger partial charge in [-0.15, -0.1) is 0 Å². The molecule has 1 saturated heterocycles. The van der Waals surface area contributed by atoms with Crippen molar-refractivity contribution in [3.05, 3.63) is 24.0 Å². The summed E-state index contributed by atoms with van der Waals surface area (Å²) in [6.07, 6.45) is 5.44. The number of amides is 1. The highest BCUT2D eigenvalue weighted by atomic mass is 16.3. The molecule has 1 amide bonds. The summed E-state index contributed by atoms with van der Waals surface area (Å²) < 4.78 is 0. The average Bonchev–Trinajstić information content (AvgIpc) is 2.40. The van der Waals surface area contributed by atoms with Gasteiger partial charge in [-0.25, -0.2) is 4.98 Å². The van der Waals surface area contributed by atoms with Gasteiger partial charge < -0.3 is 15.7 Å². The molecule has 2 rings (SSSR count). The van der Waals surface area contributed by atoms with Crippen LogP contribution in [0.3, 0.4) is 0 Å². The third kappa shape index (κ3) is 2.61. The fraction of sp³-hybridized carbons (Fsp3) is 0.538. The van der Waals surface area contributed by atoms with Crippen LogP contribution in [0, 0.1) is 0 Å². The number of nitrogens with zero attached hydrogens (tertiary/aromatic N) is 2. The zero-order valence-corrected chi connectivity index (χ0v) is 10.4. The van der Waals surface area contributed by atoms with Crippen LogP contribution in [0.5, 0.6) is 5.75 Å². The third-order valence-corrected chi connectivity index (χ3v) is 3.38. The molecule has 1 unspecified atom stereocenters. The van der Waals surface area contributed by atoms with Crippen molar-refractivity contribution in [1.29, 1.82) is 0 Å².